The molecular weight excluding hydrogens is 224 g/mol. The van der Waals surface area contributed by atoms with Crippen LogP contribution in [0.15, 0.2) is 0 Å². The summed E-state index contributed by atoms with van der Waals surface area (Å²) in [5, 5.41) is 0. The molecule has 1 aliphatic rings. The van der Waals surface area contributed by atoms with Crippen LogP contribution in [-0.4, -0.2) is 24.2 Å². The maximum atomic E-state index is 11.6. The van der Waals surface area contributed by atoms with Gasteiger partial charge in [0.2, 0.25) is 6.29 Å². The van der Waals surface area contributed by atoms with Gasteiger partial charge in [0.1, 0.15) is 11.7 Å². The molecule has 1 unspecified atom stereocenters. The fourth-order valence-corrected chi connectivity index (χ4v) is 1.58. The van der Waals surface area contributed by atoms with Gasteiger partial charge in [-0.3, -0.25) is 0 Å². The molecule has 1 saturated heterocycles. The highest BCUT2D eigenvalue weighted by atomic mass is 17.4. The number of hydrogen-bond donors (Lipinski definition) is 0. The van der Waals surface area contributed by atoms with Crippen LogP contribution >= 0.6 is 0 Å². The Balaban J connectivity index is 2.54. The molecule has 0 spiro atoms. The summed E-state index contributed by atoms with van der Waals surface area (Å²) in [6.45, 7) is 11.2. The minimum absolute atomic E-state index is 0.301. The maximum absolute atomic E-state index is 11.6. The van der Waals surface area contributed by atoms with Gasteiger partial charge in [-0.05, 0) is 27.2 Å². The number of rotatable bonds is 4. The van der Waals surface area contributed by atoms with Crippen LogP contribution in [0.5, 0.6) is 0 Å². The van der Waals surface area contributed by atoms with Gasteiger partial charge < -0.3 is 9.47 Å². The van der Waals surface area contributed by atoms with Gasteiger partial charge in [-0.25, -0.2) is 4.79 Å². The van der Waals surface area contributed by atoms with Crippen molar-refractivity contribution in [2.24, 2.45) is 5.41 Å². The summed E-state index contributed by atoms with van der Waals surface area (Å²) >= 11 is 0. The zero-order valence-electron chi connectivity index (χ0n) is 11.4. The second-order valence-electron chi connectivity index (χ2n) is 5.82. The number of carbonyl (C=O) groups is 1. The molecule has 0 saturated carbocycles. The monoisotopic (exact) mass is 246 g/mol. The van der Waals surface area contributed by atoms with Crippen molar-refractivity contribution in [3.05, 3.63) is 0 Å². The Kier molecular flexibility index (Phi) is 4.04. The minimum atomic E-state index is -0.655. The largest absolute Gasteiger partial charge is 0.509 e. The Morgan fingerprint density at radius 1 is 1.24 bits per heavy atom. The second-order valence-corrected chi connectivity index (χ2v) is 5.82. The topological polar surface area (TPSA) is 60.6 Å². The van der Waals surface area contributed by atoms with Crippen molar-refractivity contribution in [2.45, 2.75) is 66.0 Å². The van der Waals surface area contributed by atoms with E-state index in [1.807, 2.05) is 20.8 Å². The van der Waals surface area contributed by atoms with E-state index in [4.69, 9.17) is 19.2 Å². The van der Waals surface area contributed by atoms with E-state index in [0.717, 1.165) is 0 Å². The van der Waals surface area contributed by atoms with Crippen molar-refractivity contribution in [2.75, 3.05) is 0 Å². The summed E-state index contributed by atoms with van der Waals surface area (Å²) in [5.74, 6) is 0. The lowest BCUT2D eigenvalue weighted by Gasteiger charge is -2.30. The highest BCUT2D eigenvalue weighted by molar-refractivity contribution is 5.60. The van der Waals surface area contributed by atoms with E-state index in [0.29, 0.717) is 6.42 Å². The summed E-state index contributed by atoms with van der Waals surface area (Å²) in [6.07, 6.45) is -0.590. The Labute approximate surface area is 102 Å². The Morgan fingerprint density at radius 2 is 1.76 bits per heavy atom. The summed E-state index contributed by atoms with van der Waals surface area (Å²) in [5.41, 5.74) is -0.933. The average Bonchev–Trinajstić information content (AvgIpc) is 2.93. The van der Waals surface area contributed by atoms with Gasteiger partial charge in [0.15, 0.2) is 0 Å². The highest BCUT2D eigenvalue weighted by Crippen LogP contribution is 2.39. The van der Waals surface area contributed by atoms with Crippen LogP contribution in [0.25, 0.3) is 0 Å². The first kappa shape index (κ1) is 14.3. The molecule has 1 heterocycles. The Hall–Kier alpha value is -0.810. The lowest BCUT2D eigenvalue weighted by molar-refractivity contribution is -0.0622. The van der Waals surface area contributed by atoms with Crippen molar-refractivity contribution >= 4 is 6.16 Å². The van der Waals surface area contributed by atoms with E-state index in [-0.39, 0.29) is 17.8 Å². The third kappa shape index (κ3) is 4.16. The van der Waals surface area contributed by atoms with Gasteiger partial charge in [-0.2, -0.15) is 9.78 Å². The molecule has 0 amide bonds. The van der Waals surface area contributed by atoms with E-state index in [1.54, 1.807) is 20.8 Å². The van der Waals surface area contributed by atoms with E-state index in [1.165, 1.54) is 0 Å². The van der Waals surface area contributed by atoms with Crippen molar-refractivity contribution in [1.29, 1.82) is 0 Å². The molecule has 5 nitrogen and oxygen atoms in total. The standard InChI is InChI=1S/C12H22O5/c1-7-8(12(5,6)9-16-17-9)14-10(13)15-11(2,3)4/h8-9H,7H2,1-6H3. The third-order valence-corrected chi connectivity index (χ3v) is 2.63. The van der Waals surface area contributed by atoms with E-state index in [2.05, 4.69) is 0 Å². The molecule has 100 valence electrons. The lowest BCUT2D eigenvalue weighted by atomic mass is 9.85. The van der Waals surface area contributed by atoms with Gasteiger partial charge in [0.05, 0.1) is 5.41 Å². The predicted octanol–water partition coefficient (Wildman–Crippen LogP) is 3.03. The third-order valence-electron chi connectivity index (χ3n) is 2.63. The zero-order valence-corrected chi connectivity index (χ0v) is 11.4. The number of carbonyl (C=O) groups excluding carboxylic acids is 1. The molecule has 5 heteroatoms. The molecule has 0 aromatic rings. The first-order valence-electron chi connectivity index (χ1n) is 5.88. The van der Waals surface area contributed by atoms with Crippen molar-refractivity contribution < 1.29 is 24.0 Å². The van der Waals surface area contributed by atoms with Gasteiger partial charge in [-0.1, -0.05) is 20.8 Å². The molecular formula is C12H22O5. The predicted molar refractivity (Wildman–Crippen MR) is 61.1 cm³/mol. The molecule has 1 aliphatic heterocycles. The lowest BCUT2D eigenvalue weighted by Crippen LogP contribution is -2.39. The molecule has 0 bridgehead atoms. The van der Waals surface area contributed by atoms with Gasteiger partial charge in [-0.15, -0.1) is 0 Å². The van der Waals surface area contributed by atoms with Crippen molar-refractivity contribution in [3.8, 4) is 0 Å². The minimum Gasteiger partial charge on any atom is -0.430 e. The second kappa shape index (κ2) is 4.82. The van der Waals surface area contributed by atoms with Crippen LogP contribution in [0, 0.1) is 5.41 Å². The number of hydrogen-bond acceptors (Lipinski definition) is 5. The Morgan fingerprint density at radius 3 is 2.12 bits per heavy atom. The molecule has 0 aliphatic carbocycles. The fourth-order valence-electron chi connectivity index (χ4n) is 1.58. The SMILES string of the molecule is CCC(OC(=O)OC(C)(C)C)C(C)(C)C1OO1. The first-order chi connectivity index (χ1) is 7.66. The Bertz CT molecular complexity index is 275. The number of ether oxygens (including phenoxy) is 2. The van der Waals surface area contributed by atoms with Crippen molar-refractivity contribution in [3.63, 3.8) is 0 Å². The van der Waals surface area contributed by atoms with Crippen LogP contribution in [0.1, 0.15) is 48.0 Å². The van der Waals surface area contributed by atoms with Gasteiger partial charge in [0.25, 0.3) is 0 Å². The quantitative estimate of drug-likeness (QED) is 0.433. The molecule has 1 rings (SSSR count). The summed E-state index contributed by atoms with van der Waals surface area (Å²) in [7, 11) is 0. The van der Waals surface area contributed by atoms with E-state index in [9.17, 15) is 4.79 Å². The molecule has 0 N–H and O–H groups in total. The summed E-state index contributed by atoms with van der Waals surface area (Å²) in [6, 6.07) is 0. The maximum Gasteiger partial charge on any atom is 0.509 e. The molecule has 0 aromatic heterocycles. The van der Waals surface area contributed by atoms with Crippen LogP contribution in [0.3, 0.4) is 0 Å². The normalized spacial score (nSPS) is 18.7. The molecule has 0 aromatic carbocycles. The first-order valence-corrected chi connectivity index (χ1v) is 5.88. The fraction of sp³-hybridized carbons (Fsp3) is 0.917. The van der Waals surface area contributed by atoms with Gasteiger partial charge >= 0.3 is 6.16 Å². The van der Waals surface area contributed by atoms with Crippen molar-refractivity contribution in [1.82, 2.24) is 0 Å². The smallest absolute Gasteiger partial charge is 0.430 e. The van der Waals surface area contributed by atoms with Crippen LogP contribution in [0.4, 0.5) is 4.79 Å². The van der Waals surface area contributed by atoms with Crippen LogP contribution in [0.2, 0.25) is 0 Å². The molecule has 0 radical (unpaired) electrons. The summed E-state index contributed by atoms with van der Waals surface area (Å²) < 4.78 is 10.4. The summed E-state index contributed by atoms with van der Waals surface area (Å²) in [4.78, 5) is 21.2. The van der Waals surface area contributed by atoms with E-state index < -0.39 is 11.8 Å². The molecule has 1 atom stereocenters. The van der Waals surface area contributed by atoms with Crippen LogP contribution in [-0.2, 0) is 19.2 Å². The van der Waals surface area contributed by atoms with E-state index >= 15 is 0 Å². The average molecular weight is 246 g/mol. The van der Waals surface area contributed by atoms with Crippen LogP contribution < -0.4 is 0 Å². The molecule has 1 fully saturated rings. The highest BCUT2D eigenvalue weighted by Gasteiger charge is 2.49. The molecule has 17 heavy (non-hydrogen) atoms. The zero-order chi connectivity index (χ0) is 13.3. The van der Waals surface area contributed by atoms with Gasteiger partial charge in [0, 0.05) is 0 Å².